The summed E-state index contributed by atoms with van der Waals surface area (Å²) in [5.74, 6) is 0.393. The van der Waals surface area contributed by atoms with Gasteiger partial charge >= 0.3 is 0 Å². The van der Waals surface area contributed by atoms with Gasteiger partial charge in [0.05, 0.1) is 0 Å². The topological polar surface area (TPSA) is 23.6 Å². The standard InChI is InChI=1S/C37H70N2O/c1-5-7-9-11-13-15-17-18-19-20-21-22-24-26-28-31-36-39(37(40)33-29-32-34-38(3)4)35-30-27-25-23-16-14-12-10-8-6-2/h8,10,13,15,18-19H,5-7,9,11-12,14,16-17,20-36H2,1-4H3/b10-8-,15-13-,19-18-. The summed E-state index contributed by atoms with van der Waals surface area (Å²) in [5, 5.41) is 0. The van der Waals surface area contributed by atoms with E-state index in [0.29, 0.717) is 5.91 Å². The second-order valence-corrected chi connectivity index (χ2v) is 12.0. The van der Waals surface area contributed by atoms with Crippen LogP contribution in [0.3, 0.4) is 0 Å². The summed E-state index contributed by atoms with van der Waals surface area (Å²) in [6.45, 7) is 7.47. The SMILES string of the molecule is CC/C=C\CCCCCCCCN(CCCCCCCC/C=C\C/C=C\CCCCC)C(=O)CCCCN(C)C. The molecule has 0 spiro atoms. The summed E-state index contributed by atoms with van der Waals surface area (Å²) in [6.07, 6.45) is 42.2. The lowest BCUT2D eigenvalue weighted by atomic mass is 10.1. The van der Waals surface area contributed by atoms with Gasteiger partial charge in [-0.3, -0.25) is 4.79 Å². The fourth-order valence-corrected chi connectivity index (χ4v) is 5.07. The van der Waals surface area contributed by atoms with Gasteiger partial charge in [-0.2, -0.15) is 0 Å². The molecule has 1 amide bonds. The van der Waals surface area contributed by atoms with Crippen LogP contribution < -0.4 is 0 Å². The van der Waals surface area contributed by atoms with E-state index in [1.807, 2.05) is 0 Å². The predicted molar refractivity (Wildman–Crippen MR) is 180 cm³/mol. The van der Waals surface area contributed by atoms with E-state index in [1.165, 1.54) is 116 Å². The van der Waals surface area contributed by atoms with Crippen molar-refractivity contribution in [3.8, 4) is 0 Å². The maximum Gasteiger partial charge on any atom is 0.222 e. The van der Waals surface area contributed by atoms with Crippen LogP contribution in [0.25, 0.3) is 0 Å². The fraction of sp³-hybridized carbons (Fsp3) is 0.811. The highest BCUT2D eigenvalue weighted by atomic mass is 16.2. The molecule has 0 aromatic heterocycles. The largest absolute Gasteiger partial charge is 0.343 e. The van der Waals surface area contributed by atoms with E-state index in [0.717, 1.165) is 51.7 Å². The quantitative estimate of drug-likeness (QED) is 0.0646. The molecule has 0 saturated carbocycles. The van der Waals surface area contributed by atoms with Crippen molar-refractivity contribution in [2.24, 2.45) is 0 Å². The van der Waals surface area contributed by atoms with Crippen LogP contribution in [0.1, 0.15) is 162 Å². The molecule has 0 unspecified atom stereocenters. The van der Waals surface area contributed by atoms with Gasteiger partial charge in [0, 0.05) is 19.5 Å². The molecule has 234 valence electrons. The zero-order chi connectivity index (χ0) is 29.4. The van der Waals surface area contributed by atoms with Crippen molar-refractivity contribution in [2.45, 2.75) is 162 Å². The lowest BCUT2D eigenvalue weighted by molar-refractivity contribution is -0.131. The van der Waals surface area contributed by atoms with Gasteiger partial charge in [-0.05, 0) is 97.7 Å². The lowest BCUT2D eigenvalue weighted by Gasteiger charge is -2.23. The van der Waals surface area contributed by atoms with Crippen LogP contribution in [0.2, 0.25) is 0 Å². The van der Waals surface area contributed by atoms with Crippen LogP contribution in [-0.2, 0) is 4.79 Å². The molecule has 0 bridgehead atoms. The number of unbranched alkanes of at least 4 members (excludes halogenated alkanes) is 16. The average Bonchev–Trinajstić information content (AvgIpc) is 2.94. The summed E-state index contributed by atoms with van der Waals surface area (Å²) in [6, 6.07) is 0. The first-order chi connectivity index (χ1) is 19.6. The highest BCUT2D eigenvalue weighted by molar-refractivity contribution is 5.76. The summed E-state index contributed by atoms with van der Waals surface area (Å²) in [7, 11) is 4.23. The molecule has 0 radical (unpaired) electrons. The maximum absolute atomic E-state index is 13.0. The summed E-state index contributed by atoms with van der Waals surface area (Å²) < 4.78 is 0. The number of hydrogen-bond donors (Lipinski definition) is 0. The van der Waals surface area contributed by atoms with E-state index in [2.05, 4.69) is 74.2 Å². The maximum atomic E-state index is 13.0. The molecule has 0 aromatic rings. The van der Waals surface area contributed by atoms with E-state index in [-0.39, 0.29) is 0 Å². The van der Waals surface area contributed by atoms with Crippen LogP contribution in [0, 0.1) is 0 Å². The Hall–Kier alpha value is -1.35. The summed E-state index contributed by atoms with van der Waals surface area (Å²) in [5.41, 5.74) is 0. The fourth-order valence-electron chi connectivity index (χ4n) is 5.07. The number of allylic oxidation sites excluding steroid dienone is 6. The van der Waals surface area contributed by atoms with Crippen LogP contribution >= 0.6 is 0 Å². The summed E-state index contributed by atoms with van der Waals surface area (Å²) in [4.78, 5) is 17.4. The Morgan fingerprint density at radius 3 is 1.45 bits per heavy atom. The highest BCUT2D eigenvalue weighted by Gasteiger charge is 2.12. The first-order valence-electron chi connectivity index (χ1n) is 17.5. The minimum absolute atomic E-state index is 0.393. The van der Waals surface area contributed by atoms with Gasteiger partial charge in [0.2, 0.25) is 5.91 Å². The third-order valence-electron chi connectivity index (χ3n) is 7.68. The number of hydrogen-bond acceptors (Lipinski definition) is 2. The molecule has 3 nitrogen and oxygen atoms in total. The van der Waals surface area contributed by atoms with Crippen LogP contribution in [-0.4, -0.2) is 49.4 Å². The smallest absolute Gasteiger partial charge is 0.222 e. The first-order valence-corrected chi connectivity index (χ1v) is 17.5. The number of carbonyl (C=O) groups excluding carboxylic acids is 1. The molecule has 0 aliphatic rings. The Morgan fingerprint density at radius 1 is 0.500 bits per heavy atom. The zero-order valence-corrected chi connectivity index (χ0v) is 27.7. The molecule has 0 heterocycles. The van der Waals surface area contributed by atoms with E-state index in [1.54, 1.807) is 0 Å². The molecule has 0 rings (SSSR count). The normalized spacial score (nSPS) is 12.1. The van der Waals surface area contributed by atoms with Gasteiger partial charge in [0.1, 0.15) is 0 Å². The van der Waals surface area contributed by atoms with E-state index in [4.69, 9.17) is 0 Å². The molecule has 3 heteroatoms. The van der Waals surface area contributed by atoms with E-state index < -0.39 is 0 Å². The molecule has 0 saturated heterocycles. The van der Waals surface area contributed by atoms with Crippen molar-refractivity contribution >= 4 is 5.91 Å². The molecule has 0 atom stereocenters. The first kappa shape index (κ1) is 38.6. The third-order valence-corrected chi connectivity index (χ3v) is 7.68. The second-order valence-electron chi connectivity index (χ2n) is 12.0. The third kappa shape index (κ3) is 29.6. The molecular formula is C37H70N2O. The van der Waals surface area contributed by atoms with Crippen molar-refractivity contribution in [1.29, 1.82) is 0 Å². The summed E-state index contributed by atoms with van der Waals surface area (Å²) >= 11 is 0. The Morgan fingerprint density at radius 2 is 0.950 bits per heavy atom. The molecule has 0 N–H and O–H groups in total. The number of nitrogens with zero attached hydrogens (tertiary/aromatic N) is 2. The number of carbonyl (C=O) groups is 1. The Balaban J connectivity index is 4.01. The van der Waals surface area contributed by atoms with Crippen LogP contribution in [0.15, 0.2) is 36.5 Å². The van der Waals surface area contributed by atoms with Gasteiger partial charge < -0.3 is 9.80 Å². The highest BCUT2D eigenvalue weighted by Crippen LogP contribution is 2.13. The Labute approximate surface area is 251 Å². The number of amides is 1. The molecular weight excluding hydrogens is 488 g/mol. The predicted octanol–water partition coefficient (Wildman–Crippen LogP) is 11.1. The van der Waals surface area contributed by atoms with Crippen molar-refractivity contribution in [1.82, 2.24) is 9.80 Å². The van der Waals surface area contributed by atoms with Crippen LogP contribution in [0.5, 0.6) is 0 Å². The molecule has 0 fully saturated rings. The van der Waals surface area contributed by atoms with E-state index >= 15 is 0 Å². The van der Waals surface area contributed by atoms with Crippen molar-refractivity contribution < 1.29 is 4.79 Å². The molecule has 40 heavy (non-hydrogen) atoms. The van der Waals surface area contributed by atoms with Gasteiger partial charge in [-0.25, -0.2) is 0 Å². The van der Waals surface area contributed by atoms with Crippen molar-refractivity contribution in [2.75, 3.05) is 33.7 Å². The monoisotopic (exact) mass is 559 g/mol. The van der Waals surface area contributed by atoms with Crippen molar-refractivity contribution in [3.05, 3.63) is 36.5 Å². The van der Waals surface area contributed by atoms with Gasteiger partial charge in [0.15, 0.2) is 0 Å². The van der Waals surface area contributed by atoms with E-state index in [9.17, 15) is 4.79 Å². The second kappa shape index (κ2) is 32.2. The molecule has 0 aliphatic carbocycles. The molecule has 0 aliphatic heterocycles. The minimum atomic E-state index is 0.393. The Bertz CT molecular complexity index is 607. The number of rotatable bonds is 30. The van der Waals surface area contributed by atoms with Gasteiger partial charge in [-0.15, -0.1) is 0 Å². The van der Waals surface area contributed by atoms with Gasteiger partial charge in [-0.1, -0.05) is 115 Å². The molecule has 0 aromatic carbocycles. The average molecular weight is 559 g/mol. The Kier molecular flexibility index (Phi) is 31.1. The lowest BCUT2D eigenvalue weighted by Crippen LogP contribution is -2.33. The minimum Gasteiger partial charge on any atom is -0.343 e. The van der Waals surface area contributed by atoms with Gasteiger partial charge in [0.25, 0.3) is 0 Å². The zero-order valence-electron chi connectivity index (χ0n) is 27.7. The van der Waals surface area contributed by atoms with Crippen molar-refractivity contribution in [3.63, 3.8) is 0 Å². The van der Waals surface area contributed by atoms with Crippen LogP contribution in [0.4, 0.5) is 0 Å².